The highest BCUT2D eigenvalue weighted by Gasteiger charge is 2.40. The predicted molar refractivity (Wildman–Crippen MR) is 23.2 cm³/mol. The van der Waals surface area contributed by atoms with E-state index in [9.17, 15) is 13.2 Å². The average Bonchev–Trinajstić information content (AvgIpc) is 2.08. The van der Waals surface area contributed by atoms with Crippen molar-refractivity contribution in [2.75, 3.05) is 0 Å². The standard InChI is InChI=1S/C4H4F3NO/c5-4(6,7)3-1-2-8-9-3/h1-3,8H. The molecular weight excluding hydrogens is 135 g/mol. The molecule has 0 aliphatic carbocycles. The molecule has 0 amide bonds. The van der Waals surface area contributed by atoms with Gasteiger partial charge in [0, 0.05) is 6.20 Å². The molecule has 1 heterocycles. The summed E-state index contributed by atoms with van der Waals surface area (Å²) in [5.41, 5.74) is 1.98. The lowest BCUT2D eigenvalue weighted by Gasteiger charge is -2.10. The maximum absolute atomic E-state index is 11.5. The van der Waals surface area contributed by atoms with Gasteiger partial charge in [0.25, 0.3) is 0 Å². The van der Waals surface area contributed by atoms with Gasteiger partial charge in [0.1, 0.15) is 0 Å². The fraction of sp³-hybridized carbons (Fsp3) is 0.500. The van der Waals surface area contributed by atoms with Crippen molar-refractivity contribution in [3.05, 3.63) is 12.3 Å². The van der Waals surface area contributed by atoms with E-state index >= 15 is 0 Å². The third-order valence-electron chi connectivity index (χ3n) is 0.857. The summed E-state index contributed by atoms with van der Waals surface area (Å²) in [7, 11) is 0. The van der Waals surface area contributed by atoms with Crippen LogP contribution in [-0.2, 0) is 4.84 Å². The van der Waals surface area contributed by atoms with E-state index in [2.05, 4.69) is 4.84 Å². The molecule has 0 aromatic rings. The fourth-order valence-electron chi connectivity index (χ4n) is 0.454. The number of hydrogen-bond donors (Lipinski definition) is 1. The Labute approximate surface area is 49.3 Å². The minimum absolute atomic E-state index is 0.903. The lowest BCUT2D eigenvalue weighted by molar-refractivity contribution is -0.209. The molecule has 1 rings (SSSR count). The van der Waals surface area contributed by atoms with Gasteiger partial charge < -0.3 is 0 Å². The number of alkyl halides is 3. The van der Waals surface area contributed by atoms with Crippen LogP contribution in [0.5, 0.6) is 0 Å². The Morgan fingerprint density at radius 3 is 2.33 bits per heavy atom. The summed E-state index contributed by atoms with van der Waals surface area (Å²) >= 11 is 0. The Kier molecular flexibility index (Phi) is 1.36. The molecule has 0 radical (unpaired) electrons. The molecule has 5 heteroatoms. The average molecular weight is 139 g/mol. The molecule has 1 aliphatic heterocycles. The summed E-state index contributed by atoms with van der Waals surface area (Å²) in [6.45, 7) is 0. The molecule has 0 aromatic heterocycles. The van der Waals surface area contributed by atoms with E-state index in [-0.39, 0.29) is 0 Å². The van der Waals surface area contributed by atoms with Crippen LogP contribution >= 0.6 is 0 Å². The van der Waals surface area contributed by atoms with Crippen LogP contribution in [0.4, 0.5) is 13.2 Å². The van der Waals surface area contributed by atoms with Gasteiger partial charge in [-0.2, -0.15) is 13.2 Å². The Bertz CT molecular complexity index is 130. The number of hydrogen-bond acceptors (Lipinski definition) is 2. The van der Waals surface area contributed by atoms with E-state index < -0.39 is 12.3 Å². The highest BCUT2D eigenvalue weighted by molar-refractivity contribution is 4.95. The smallest absolute Gasteiger partial charge is 0.274 e. The van der Waals surface area contributed by atoms with Gasteiger partial charge in [-0.3, -0.25) is 10.3 Å². The van der Waals surface area contributed by atoms with Crippen LogP contribution in [0.25, 0.3) is 0 Å². The van der Waals surface area contributed by atoms with Crippen LogP contribution in [0.2, 0.25) is 0 Å². The molecule has 1 N–H and O–H groups in total. The molecule has 0 fully saturated rings. The molecule has 1 unspecified atom stereocenters. The Hall–Kier alpha value is -0.710. The van der Waals surface area contributed by atoms with Crippen LogP contribution < -0.4 is 5.48 Å². The van der Waals surface area contributed by atoms with E-state index in [4.69, 9.17) is 0 Å². The zero-order chi connectivity index (χ0) is 6.91. The van der Waals surface area contributed by atoms with Crippen LogP contribution in [0.1, 0.15) is 0 Å². The molecule has 0 aromatic carbocycles. The quantitative estimate of drug-likeness (QED) is 0.539. The molecule has 52 valence electrons. The lowest BCUT2D eigenvalue weighted by atomic mass is 10.3. The highest BCUT2D eigenvalue weighted by Crippen LogP contribution is 2.24. The number of nitrogens with one attached hydrogen (secondary N) is 1. The third kappa shape index (κ3) is 1.35. The Balaban J connectivity index is 2.53. The van der Waals surface area contributed by atoms with E-state index in [0.29, 0.717) is 0 Å². The molecule has 0 saturated heterocycles. The minimum Gasteiger partial charge on any atom is -0.274 e. The molecule has 9 heavy (non-hydrogen) atoms. The molecule has 2 nitrogen and oxygen atoms in total. The first-order valence-electron chi connectivity index (χ1n) is 2.25. The van der Waals surface area contributed by atoms with Gasteiger partial charge in [-0.05, 0) is 6.08 Å². The lowest BCUT2D eigenvalue weighted by Crippen LogP contribution is -2.28. The second-order valence-electron chi connectivity index (χ2n) is 1.56. The van der Waals surface area contributed by atoms with E-state index in [0.717, 1.165) is 12.3 Å². The van der Waals surface area contributed by atoms with Crippen molar-refractivity contribution >= 4 is 0 Å². The van der Waals surface area contributed by atoms with Gasteiger partial charge in [-0.25, -0.2) is 0 Å². The molecule has 1 aliphatic rings. The second kappa shape index (κ2) is 1.91. The van der Waals surface area contributed by atoms with Crippen molar-refractivity contribution in [3.8, 4) is 0 Å². The van der Waals surface area contributed by atoms with E-state index in [1.807, 2.05) is 5.48 Å². The Morgan fingerprint density at radius 1 is 1.44 bits per heavy atom. The predicted octanol–water partition coefficient (Wildman–Crippen LogP) is 0.966. The van der Waals surface area contributed by atoms with Crippen molar-refractivity contribution in [1.29, 1.82) is 0 Å². The Morgan fingerprint density at radius 2 is 2.11 bits per heavy atom. The number of rotatable bonds is 0. The first-order chi connectivity index (χ1) is 4.11. The van der Waals surface area contributed by atoms with Crippen LogP contribution in [0.15, 0.2) is 12.3 Å². The molecular formula is C4H4F3NO. The first-order valence-corrected chi connectivity index (χ1v) is 2.25. The van der Waals surface area contributed by atoms with Crippen LogP contribution in [-0.4, -0.2) is 12.3 Å². The maximum atomic E-state index is 11.5. The van der Waals surface area contributed by atoms with Crippen LogP contribution in [0.3, 0.4) is 0 Å². The minimum atomic E-state index is -4.29. The van der Waals surface area contributed by atoms with Crippen molar-refractivity contribution in [1.82, 2.24) is 5.48 Å². The number of hydroxylamine groups is 1. The second-order valence-corrected chi connectivity index (χ2v) is 1.56. The van der Waals surface area contributed by atoms with Gasteiger partial charge in [0.2, 0.25) is 6.10 Å². The molecule has 0 bridgehead atoms. The maximum Gasteiger partial charge on any atom is 0.420 e. The van der Waals surface area contributed by atoms with E-state index in [1.54, 1.807) is 0 Å². The van der Waals surface area contributed by atoms with Crippen molar-refractivity contribution in [2.24, 2.45) is 0 Å². The monoisotopic (exact) mass is 139 g/mol. The molecule has 0 spiro atoms. The SMILES string of the molecule is FC(F)(F)C1C=CNO1. The van der Waals surface area contributed by atoms with Crippen molar-refractivity contribution in [2.45, 2.75) is 12.3 Å². The van der Waals surface area contributed by atoms with Gasteiger partial charge in [-0.15, -0.1) is 0 Å². The summed E-state index contributed by atoms with van der Waals surface area (Å²) in [4.78, 5) is 4.03. The van der Waals surface area contributed by atoms with Gasteiger partial charge in [0.15, 0.2) is 0 Å². The number of halogens is 3. The summed E-state index contributed by atoms with van der Waals surface area (Å²) in [6, 6.07) is 0. The topological polar surface area (TPSA) is 21.3 Å². The zero-order valence-electron chi connectivity index (χ0n) is 4.27. The van der Waals surface area contributed by atoms with Crippen molar-refractivity contribution in [3.63, 3.8) is 0 Å². The third-order valence-corrected chi connectivity index (χ3v) is 0.857. The summed E-state index contributed by atoms with van der Waals surface area (Å²) in [5, 5.41) is 0. The van der Waals surface area contributed by atoms with Gasteiger partial charge >= 0.3 is 6.18 Å². The normalized spacial score (nSPS) is 26.3. The molecule has 1 atom stereocenters. The largest absolute Gasteiger partial charge is 0.420 e. The summed E-state index contributed by atoms with van der Waals surface area (Å²) in [5.74, 6) is 0. The van der Waals surface area contributed by atoms with Crippen LogP contribution in [0, 0.1) is 0 Å². The van der Waals surface area contributed by atoms with E-state index in [1.165, 1.54) is 0 Å². The highest BCUT2D eigenvalue weighted by atomic mass is 19.4. The zero-order valence-corrected chi connectivity index (χ0v) is 4.27. The van der Waals surface area contributed by atoms with Crippen molar-refractivity contribution < 1.29 is 18.0 Å². The van der Waals surface area contributed by atoms with Gasteiger partial charge in [-0.1, -0.05) is 0 Å². The fourth-order valence-corrected chi connectivity index (χ4v) is 0.454. The summed E-state index contributed by atoms with van der Waals surface area (Å²) in [6.07, 6.45) is -4.06. The first kappa shape index (κ1) is 6.41. The molecule has 0 saturated carbocycles. The summed E-state index contributed by atoms with van der Waals surface area (Å²) < 4.78 is 34.6. The van der Waals surface area contributed by atoms with Gasteiger partial charge in [0.05, 0.1) is 0 Å².